The molecule has 0 unspecified atom stereocenters. The minimum Gasteiger partial charge on any atom is -0.493 e. The maximum Gasteiger partial charge on any atom is 0.261 e. The number of rotatable bonds is 5. The van der Waals surface area contributed by atoms with Crippen molar-refractivity contribution in [2.24, 2.45) is 0 Å². The highest BCUT2D eigenvalue weighted by Crippen LogP contribution is 2.23. The molecule has 0 saturated carbocycles. The highest BCUT2D eigenvalue weighted by Gasteiger charge is 2.15. The first kappa shape index (κ1) is 19.4. The molecule has 0 heterocycles. The van der Waals surface area contributed by atoms with E-state index in [1.165, 1.54) is 0 Å². The van der Waals surface area contributed by atoms with Gasteiger partial charge in [-0.05, 0) is 73.9 Å². The summed E-state index contributed by atoms with van der Waals surface area (Å²) < 4.78 is 6.45. The molecule has 0 aliphatic heterocycles. The van der Waals surface area contributed by atoms with Crippen molar-refractivity contribution in [3.63, 3.8) is 0 Å². The fourth-order valence-corrected chi connectivity index (χ4v) is 2.97. The molecule has 0 aliphatic carbocycles. The molecule has 6 heteroatoms. The lowest BCUT2D eigenvalue weighted by Gasteiger charge is -2.14. The standard InChI is InChI=1S/C19H21BrN2O2S/c1-4-7-24-17-6-5-14(20)11-16(17)18(23)22-19(25)21-15-9-12(2)8-13(3)10-15/h5-6,8-11H,4,7H2,1-3H3,(H2,21,22,23,25). The summed E-state index contributed by atoms with van der Waals surface area (Å²) >= 11 is 8.65. The number of anilines is 1. The number of halogens is 1. The Morgan fingerprint density at radius 3 is 2.48 bits per heavy atom. The van der Waals surface area contributed by atoms with Crippen molar-refractivity contribution in [1.82, 2.24) is 5.32 Å². The second-order valence-electron chi connectivity index (χ2n) is 5.77. The molecule has 25 heavy (non-hydrogen) atoms. The Hall–Kier alpha value is -1.92. The van der Waals surface area contributed by atoms with E-state index in [9.17, 15) is 4.79 Å². The van der Waals surface area contributed by atoms with Crippen LogP contribution in [0.15, 0.2) is 40.9 Å². The Morgan fingerprint density at radius 2 is 1.84 bits per heavy atom. The molecule has 2 rings (SSSR count). The SMILES string of the molecule is CCCOc1ccc(Br)cc1C(=O)NC(=S)Nc1cc(C)cc(C)c1. The number of aryl methyl sites for hydroxylation is 2. The molecule has 2 aromatic carbocycles. The van der Waals surface area contributed by atoms with Gasteiger partial charge < -0.3 is 10.1 Å². The van der Waals surface area contributed by atoms with E-state index >= 15 is 0 Å². The number of nitrogens with one attached hydrogen (secondary N) is 2. The van der Waals surface area contributed by atoms with Gasteiger partial charge in [-0.25, -0.2) is 0 Å². The number of carbonyl (C=O) groups excluding carboxylic acids is 1. The van der Waals surface area contributed by atoms with Gasteiger partial charge in [-0.1, -0.05) is 28.9 Å². The molecule has 0 atom stereocenters. The van der Waals surface area contributed by atoms with Crippen LogP contribution in [0.4, 0.5) is 5.69 Å². The minimum atomic E-state index is -0.311. The van der Waals surface area contributed by atoms with E-state index in [4.69, 9.17) is 17.0 Å². The average Bonchev–Trinajstić information content (AvgIpc) is 2.52. The summed E-state index contributed by atoms with van der Waals surface area (Å²) in [7, 11) is 0. The summed E-state index contributed by atoms with van der Waals surface area (Å²) in [4.78, 5) is 12.6. The molecule has 1 amide bonds. The van der Waals surface area contributed by atoms with E-state index in [0.717, 1.165) is 27.7 Å². The van der Waals surface area contributed by atoms with Crippen LogP contribution in [0.25, 0.3) is 0 Å². The maximum absolute atomic E-state index is 12.6. The number of hydrogen-bond acceptors (Lipinski definition) is 3. The summed E-state index contributed by atoms with van der Waals surface area (Å²) in [5.74, 6) is 0.228. The number of ether oxygens (including phenoxy) is 1. The summed E-state index contributed by atoms with van der Waals surface area (Å²) in [6.07, 6.45) is 0.865. The summed E-state index contributed by atoms with van der Waals surface area (Å²) in [5.41, 5.74) is 3.53. The molecular formula is C19H21BrN2O2S. The van der Waals surface area contributed by atoms with Gasteiger partial charge in [0.25, 0.3) is 5.91 Å². The zero-order valence-corrected chi connectivity index (χ0v) is 16.9. The van der Waals surface area contributed by atoms with E-state index in [1.54, 1.807) is 12.1 Å². The third-order valence-electron chi connectivity index (χ3n) is 3.35. The van der Waals surface area contributed by atoms with Gasteiger partial charge in [0, 0.05) is 10.2 Å². The van der Waals surface area contributed by atoms with Crippen LogP contribution in [-0.2, 0) is 0 Å². The number of thiocarbonyl (C=S) groups is 1. The zero-order chi connectivity index (χ0) is 18.4. The average molecular weight is 421 g/mol. The van der Waals surface area contributed by atoms with Crippen LogP contribution >= 0.6 is 28.1 Å². The van der Waals surface area contributed by atoms with Crippen molar-refractivity contribution in [2.75, 3.05) is 11.9 Å². The molecule has 0 bridgehead atoms. The van der Waals surface area contributed by atoms with Crippen molar-refractivity contribution < 1.29 is 9.53 Å². The molecule has 132 valence electrons. The van der Waals surface area contributed by atoms with Gasteiger partial charge >= 0.3 is 0 Å². The Balaban J connectivity index is 2.10. The summed E-state index contributed by atoms with van der Waals surface area (Å²) in [6.45, 7) is 6.59. The molecule has 2 aromatic rings. The third kappa shape index (κ3) is 5.83. The van der Waals surface area contributed by atoms with Crippen LogP contribution in [0.2, 0.25) is 0 Å². The predicted octanol–water partition coefficient (Wildman–Crippen LogP) is 4.98. The van der Waals surface area contributed by atoms with E-state index in [2.05, 4.69) is 32.6 Å². The van der Waals surface area contributed by atoms with E-state index in [1.807, 2.05) is 39.0 Å². The normalized spacial score (nSPS) is 10.2. The molecule has 0 spiro atoms. The second kappa shape index (κ2) is 8.97. The van der Waals surface area contributed by atoms with E-state index in [-0.39, 0.29) is 11.0 Å². The smallest absolute Gasteiger partial charge is 0.261 e. The number of hydrogen-bond donors (Lipinski definition) is 2. The third-order valence-corrected chi connectivity index (χ3v) is 4.05. The maximum atomic E-state index is 12.6. The van der Waals surface area contributed by atoms with Crippen molar-refractivity contribution in [3.05, 3.63) is 57.6 Å². The Kier molecular flexibility index (Phi) is 6.96. The molecule has 0 radical (unpaired) electrons. The van der Waals surface area contributed by atoms with Gasteiger partial charge in [0.1, 0.15) is 5.75 Å². The lowest BCUT2D eigenvalue weighted by atomic mass is 10.1. The Labute approximate surface area is 162 Å². The molecule has 2 N–H and O–H groups in total. The molecule has 0 aliphatic rings. The molecular weight excluding hydrogens is 400 g/mol. The van der Waals surface area contributed by atoms with Crippen molar-refractivity contribution in [1.29, 1.82) is 0 Å². The quantitative estimate of drug-likeness (QED) is 0.669. The van der Waals surface area contributed by atoms with Gasteiger partial charge in [-0.2, -0.15) is 0 Å². The predicted molar refractivity (Wildman–Crippen MR) is 110 cm³/mol. The second-order valence-corrected chi connectivity index (χ2v) is 7.10. The van der Waals surface area contributed by atoms with Crippen LogP contribution < -0.4 is 15.4 Å². The van der Waals surface area contributed by atoms with Crippen molar-refractivity contribution >= 4 is 44.9 Å². The lowest BCUT2D eigenvalue weighted by molar-refractivity contribution is 0.0973. The summed E-state index contributed by atoms with van der Waals surface area (Å²) in [6, 6.07) is 11.4. The van der Waals surface area contributed by atoms with Crippen molar-refractivity contribution in [2.45, 2.75) is 27.2 Å². The zero-order valence-electron chi connectivity index (χ0n) is 14.5. The lowest BCUT2D eigenvalue weighted by Crippen LogP contribution is -2.34. The number of amides is 1. The van der Waals surface area contributed by atoms with Crippen LogP contribution in [-0.4, -0.2) is 17.6 Å². The van der Waals surface area contributed by atoms with Crippen LogP contribution in [0, 0.1) is 13.8 Å². The molecule has 4 nitrogen and oxygen atoms in total. The molecule has 0 fully saturated rings. The monoisotopic (exact) mass is 420 g/mol. The Bertz CT molecular complexity index is 773. The van der Waals surface area contributed by atoms with Crippen molar-refractivity contribution in [3.8, 4) is 5.75 Å². The van der Waals surface area contributed by atoms with Gasteiger partial charge in [-0.15, -0.1) is 0 Å². The number of benzene rings is 2. The van der Waals surface area contributed by atoms with Crippen LogP contribution in [0.5, 0.6) is 5.75 Å². The number of carbonyl (C=O) groups is 1. The molecule has 0 saturated heterocycles. The van der Waals surface area contributed by atoms with E-state index < -0.39 is 0 Å². The first-order chi connectivity index (χ1) is 11.9. The largest absolute Gasteiger partial charge is 0.493 e. The van der Waals surface area contributed by atoms with Gasteiger partial charge in [-0.3, -0.25) is 10.1 Å². The molecule has 0 aromatic heterocycles. The highest BCUT2D eigenvalue weighted by molar-refractivity contribution is 9.10. The summed E-state index contributed by atoms with van der Waals surface area (Å²) in [5, 5.41) is 6.00. The van der Waals surface area contributed by atoms with E-state index in [0.29, 0.717) is 17.9 Å². The first-order valence-electron chi connectivity index (χ1n) is 8.02. The fourth-order valence-electron chi connectivity index (χ4n) is 2.40. The minimum absolute atomic E-state index is 0.247. The first-order valence-corrected chi connectivity index (χ1v) is 9.22. The van der Waals surface area contributed by atoms with Crippen LogP contribution in [0.1, 0.15) is 34.8 Å². The van der Waals surface area contributed by atoms with Crippen LogP contribution in [0.3, 0.4) is 0 Å². The van der Waals surface area contributed by atoms with Gasteiger partial charge in [0.05, 0.1) is 12.2 Å². The fraction of sp³-hybridized carbons (Fsp3) is 0.263. The van der Waals surface area contributed by atoms with Gasteiger partial charge in [0.2, 0.25) is 0 Å². The highest BCUT2D eigenvalue weighted by atomic mass is 79.9. The topological polar surface area (TPSA) is 50.4 Å². The van der Waals surface area contributed by atoms with Gasteiger partial charge in [0.15, 0.2) is 5.11 Å². The Morgan fingerprint density at radius 1 is 1.16 bits per heavy atom.